The van der Waals surface area contributed by atoms with Crippen molar-refractivity contribution in [3.63, 3.8) is 0 Å². The van der Waals surface area contributed by atoms with Gasteiger partial charge in [0.25, 0.3) is 0 Å². The van der Waals surface area contributed by atoms with Crippen molar-refractivity contribution < 1.29 is 28.9 Å². The molecule has 3 saturated heterocycles. The number of aliphatic hydroxyl groups is 1. The highest BCUT2D eigenvalue weighted by atomic mass is 16.7. The van der Waals surface area contributed by atoms with Crippen molar-refractivity contribution in [2.24, 2.45) is 17.8 Å². The average Bonchev–Trinajstić information content (AvgIpc) is 3.46. The van der Waals surface area contributed by atoms with Crippen LogP contribution in [0.25, 0.3) is 0 Å². The SMILES string of the molecule is C[C@@H]1C[C@@H]2[C@@H](OC[C@@H]2OC(=O)N[C@@H](Cc2ccccc2)[C@H](O)CN2C[C@H]3CCCC[C@H]3C[C@H]2C(=O)NC(C)(C)C)O1. The molecule has 9 nitrogen and oxygen atoms in total. The maximum absolute atomic E-state index is 13.5. The van der Waals surface area contributed by atoms with Crippen molar-refractivity contribution in [3.8, 4) is 0 Å². The number of hydrogen-bond acceptors (Lipinski definition) is 7. The fourth-order valence-corrected chi connectivity index (χ4v) is 7.27. The summed E-state index contributed by atoms with van der Waals surface area (Å²) in [6.45, 7) is 9.38. The van der Waals surface area contributed by atoms with Crippen LogP contribution in [0.3, 0.4) is 0 Å². The van der Waals surface area contributed by atoms with Gasteiger partial charge >= 0.3 is 6.09 Å². The van der Waals surface area contributed by atoms with Crippen LogP contribution in [-0.2, 0) is 25.4 Å². The zero-order valence-corrected chi connectivity index (χ0v) is 25.1. The third-order valence-electron chi connectivity index (χ3n) is 9.27. The van der Waals surface area contributed by atoms with Crippen LogP contribution < -0.4 is 10.6 Å². The Hall–Kier alpha value is -2.20. The lowest BCUT2D eigenvalue weighted by atomic mass is 9.72. The number of amides is 2. The van der Waals surface area contributed by atoms with Crippen LogP contribution >= 0.6 is 0 Å². The zero-order valence-electron chi connectivity index (χ0n) is 25.1. The Kier molecular flexibility index (Phi) is 9.58. The van der Waals surface area contributed by atoms with Gasteiger partial charge in [-0.1, -0.05) is 49.6 Å². The molecule has 9 heteroatoms. The predicted octanol–water partition coefficient (Wildman–Crippen LogP) is 3.63. The molecule has 3 aliphatic heterocycles. The van der Waals surface area contributed by atoms with Gasteiger partial charge in [0.1, 0.15) is 6.10 Å². The third kappa shape index (κ3) is 7.80. The van der Waals surface area contributed by atoms with Crippen LogP contribution in [0.4, 0.5) is 4.79 Å². The number of nitrogens with one attached hydrogen (secondary N) is 2. The van der Waals surface area contributed by atoms with Crippen molar-refractivity contribution in [2.45, 2.75) is 115 Å². The van der Waals surface area contributed by atoms with Crippen LogP contribution in [0.15, 0.2) is 30.3 Å². The van der Waals surface area contributed by atoms with E-state index in [4.69, 9.17) is 14.2 Å². The zero-order chi connectivity index (χ0) is 29.1. The van der Waals surface area contributed by atoms with Crippen molar-refractivity contribution in [2.75, 3.05) is 19.7 Å². The number of hydrogen-bond donors (Lipinski definition) is 3. The molecule has 1 aromatic rings. The van der Waals surface area contributed by atoms with Gasteiger partial charge in [-0.3, -0.25) is 9.69 Å². The van der Waals surface area contributed by atoms with E-state index >= 15 is 0 Å². The Balaban J connectivity index is 1.28. The number of β-amino-alcohol motifs (C(OH)–C–C–N with tert-alkyl or cyclic N) is 1. The van der Waals surface area contributed by atoms with E-state index in [1.54, 1.807) is 0 Å². The molecular formula is C32H49N3O6. The minimum atomic E-state index is -0.893. The molecule has 1 aromatic carbocycles. The van der Waals surface area contributed by atoms with Gasteiger partial charge in [-0.05, 0) is 70.8 Å². The molecule has 1 aliphatic carbocycles. The molecule has 5 rings (SSSR count). The van der Waals surface area contributed by atoms with Gasteiger partial charge in [-0.15, -0.1) is 0 Å². The lowest BCUT2D eigenvalue weighted by molar-refractivity contribution is -0.132. The molecule has 4 fully saturated rings. The maximum atomic E-state index is 13.5. The lowest BCUT2D eigenvalue weighted by Gasteiger charge is -2.47. The first-order valence-corrected chi connectivity index (χ1v) is 15.6. The molecule has 1 saturated carbocycles. The topological polar surface area (TPSA) is 109 Å². The summed E-state index contributed by atoms with van der Waals surface area (Å²) in [5.41, 5.74) is 0.670. The predicted molar refractivity (Wildman–Crippen MR) is 155 cm³/mol. The van der Waals surface area contributed by atoms with Crippen molar-refractivity contribution in [3.05, 3.63) is 35.9 Å². The van der Waals surface area contributed by atoms with Crippen molar-refractivity contribution in [1.82, 2.24) is 15.5 Å². The molecule has 41 heavy (non-hydrogen) atoms. The summed E-state index contributed by atoms with van der Waals surface area (Å²) >= 11 is 0. The minimum Gasteiger partial charge on any atom is -0.443 e. The first-order chi connectivity index (χ1) is 19.6. The first kappa shape index (κ1) is 30.3. The number of alkyl carbamates (subject to hydrolysis) is 1. The summed E-state index contributed by atoms with van der Waals surface area (Å²) < 4.78 is 17.3. The number of nitrogens with zero attached hydrogens (tertiary/aromatic N) is 1. The number of aliphatic hydroxyl groups excluding tert-OH is 1. The number of ether oxygens (including phenoxy) is 3. The first-order valence-electron chi connectivity index (χ1n) is 15.6. The Bertz CT molecular complexity index is 1030. The molecule has 0 radical (unpaired) electrons. The summed E-state index contributed by atoms with van der Waals surface area (Å²) in [5.74, 6) is 1.11. The molecule has 2 amide bonds. The number of likely N-dealkylation sites (tertiary alicyclic amines) is 1. The largest absolute Gasteiger partial charge is 0.443 e. The van der Waals surface area contributed by atoms with Gasteiger partial charge in [0.05, 0.1) is 36.8 Å². The van der Waals surface area contributed by atoms with E-state index in [1.165, 1.54) is 19.3 Å². The van der Waals surface area contributed by atoms with Crippen LogP contribution in [0.5, 0.6) is 0 Å². The van der Waals surface area contributed by atoms with Gasteiger partial charge in [-0.2, -0.15) is 0 Å². The van der Waals surface area contributed by atoms with E-state index in [-0.39, 0.29) is 41.9 Å². The normalized spacial score (nSPS) is 33.3. The van der Waals surface area contributed by atoms with E-state index in [0.717, 1.165) is 31.4 Å². The number of rotatable bonds is 8. The maximum Gasteiger partial charge on any atom is 0.407 e. The Morgan fingerprint density at radius 3 is 2.59 bits per heavy atom. The fraction of sp³-hybridized carbons (Fsp3) is 0.750. The summed E-state index contributed by atoms with van der Waals surface area (Å²) in [7, 11) is 0. The van der Waals surface area contributed by atoms with Gasteiger partial charge < -0.3 is 30.0 Å². The summed E-state index contributed by atoms with van der Waals surface area (Å²) in [6.07, 6.45) is 4.73. The van der Waals surface area contributed by atoms with Gasteiger partial charge in [0.2, 0.25) is 5.91 Å². The molecule has 0 unspecified atom stereocenters. The number of benzene rings is 1. The smallest absolute Gasteiger partial charge is 0.407 e. The standard InChI is InChI=1S/C32H49N3O6/c1-20-14-24-28(19-39-30(24)40-20)41-31(38)33-25(15-21-10-6-5-7-11-21)27(36)18-35-17-23-13-9-8-12-22(23)16-26(35)29(37)34-32(2,3)4/h5-7,10-11,20,22-28,30,36H,8-9,12-19H2,1-4H3,(H,33,38)(H,34,37)/t20-,22+,23-,24+,25+,26+,27-,28+,30+/m1/s1. The summed E-state index contributed by atoms with van der Waals surface area (Å²) in [4.78, 5) is 28.8. The van der Waals surface area contributed by atoms with Crippen LogP contribution in [0.1, 0.15) is 71.8 Å². The van der Waals surface area contributed by atoms with Crippen molar-refractivity contribution in [1.29, 1.82) is 0 Å². The summed E-state index contributed by atoms with van der Waals surface area (Å²) in [5, 5.41) is 17.8. The van der Waals surface area contributed by atoms with Gasteiger partial charge in [0, 0.05) is 18.6 Å². The molecule has 0 bridgehead atoms. The second-order valence-corrected chi connectivity index (χ2v) is 13.7. The quantitative estimate of drug-likeness (QED) is 0.437. The fourth-order valence-electron chi connectivity index (χ4n) is 7.27. The average molecular weight is 572 g/mol. The van der Waals surface area contributed by atoms with E-state index < -0.39 is 18.2 Å². The molecule has 3 heterocycles. The van der Waals surface area contributed by atoms with Crippen LogP contribution in [0.2, 0.25) is 0 Å². The number of carbonyl (C=O) groups excluding carboxylic acids is 2. The number of fused-ring (bicyclic) bond motifs is 2. The molecule has 4 aliphatic rings. The van der Waals surface area contributed by atoms with E-state index in [0.29, 0.717) is 31.4 Å². The third-order valence-corrected chi connectivity index (χ3v) is 9.27. The summed E-state index contributed by atoms with van der Waals surface area (Å²) in [6, 6.07) is 8.95. The van der Waals surface area contributed by atoms with Crippen molar-refractivity contribution >= 4 is 12.0 Å². The molecule has 0 spiro atoms. The van der Waals surface area contributed by atoms with E-state index in [1.807, 2.05) is 58.0 Å². The second kappa shape index (κ2) is 13.0. The molecule has 3 N–H and O–H groups in total. The number of piperidine rings is 1. The Labute approximate surface area is 244 Å². The highest BCUT2D eigenvalue weighted by Crippen LogP contribution is 2.39. The Morgan fingerprint density at radius 2 is 1.85 bits per heavy atom. The molecular weight excluding hydrogens is 522 g/mol. The monoisotopic (exact) mass is 571 g/mol. The number of carbonyl (C=O) groups is 2. The second-order valence-electron chi connectivity index (χ2n) is 13.7. The Morgan fingerprint density at radius 1 is 1.12 bits per heavy atom. The van der Waals surface area contributed by atoms with E-state index in [2.05, 4.69) is 15.5 Å². The highest BCUT2D eigenvalue weighted by molar-refractivity contribution is 5.82. The minimum absolute atomic E-state index is 0.0181. The van der Waals surface area contributed by atoms with Crippen LogP contribution in [0, 0.1) is 17.8 Å². The molecule has 0 aromatic heterocycles. The lowest BCUT2D eigenvalue weighted by Crippen LogP contribution is -2.60. The van der Waals surface area contributed by atoms with Gasteiger partial charge in [0.15, 0.2) is 6.29 Å². The molecule has 228 valence electrons. The van der Waals surface area contributed by atoms with Crippen LogP contribution in [-0.4, -0.2) is 83.9 Å². The van der Waals surface area contributed by atoms with E-state index in [9.17, 15) is 14.7 Å². The highest BCUT2D eigenvalue weighted by Gasteiger charge is 2.47. The van der Waals surface area contributed by atoms with Gasteiger partial charge in [-0.25, -0.2) is 4.79 Å². The molecule has 9 atom stereocenters.